The summed E-state index contributed by atoms with van der Waals surface area (Å²) in [5, 5.41) is 13.4. The van der Waals surface area contributed by atoms with Crippen molar-refractivity contribution in [2.75, 3.05) is 10.6 Å². The van der Waals surface area contributed by atoms with E-state index in [-0.39, 0.29) is 11.4 Å². The average molecular weight is 290 g/mol. The number of nitrogens with zero attached hydrogens (tertiary/aromatic N) is 2. The number of amides is 1. The maximum atomic E-state index is 13.1. The van der Waals surface area contributed by atoms with Crippen LogP contribution in [0.3, 0.4) is 0 Å². The molecule has 1 saturated carbocycles. The zero-order valence-electron chi connectivity index (χ0n) is 10.9. The van der Waals surface area contributed by atoms with Crippen LogP contribution in [0.2, 0.25) is 0 Å². The zero-order chi connectivity index (χ0) is 14.8. The van der Waals surface area contributed by atoms with Gasteiger partial charge in [0.1, 0.15) is 5.82 Å². The van der Waals surface area contributed by atoms with Gasteiger partial charge in [-0.1, -0.05) is 0 Å². The van der Waals surface area contributed by atoms with E-state index in [1.807, 2.05) is 0 Å². The first-order valence-corrected chi connectivity index (χ1v) is 6.48. The maximum absolute atomic E-state index is 13.1. The predicted molar refractivity (Wildman–Crippen MR) is 73.0 cm³/mol. The van der Waals surface area contributed by atoms with Gasteiger partial charge in [-0.25, -0.2) is 8.78 Å². The number of carbonyl (C=O) groups excluding carboxylic acids is 1. The summed E-state index contributed by atoms with van der Waals surface area (Å²) in [5.41, 5.74) is 0.0101. The van der Waals surface area contributed by atoms with Crippen molar-refractivity contribution in [2.24, 2.45) is 0 Å². The van der Waals surface area contributed by atoms with Crippen molar-refractivity contribution in [3.8, 4) is 0 Å². The minimum absolute atomic E-state index is 0.0101. The van der Waals surface area contributed by atoms with Crippen LogP contribution < -0.4 is 10.6 Å². The SMILES string of the molecule is O=C(Nc1ccc(NC2CC2)nn1)c1ccc(F)c(F)c1. The van der Waals surface area contributed by atoms with Gasteiger partial charge in [-0.15, -0.1) is 10.2 Å². The van der Waals surface area contributed by atoms with Crippen LogP contribution in [-0.2, 0) is 0 Å². The molecule has 7 heteroatoms. The van der Waals surface area contributed by atoms with Gasteiger partial charge in [0.15, 0.2) is 17.5 Å². The lowest BCUT2D eigenvalue weighted by Gasteiger charge is -2.06. The molecule has 2 N–H and O–H groups in total. The first kappa shape index (κ1) is 13.4. The summed E-state index contributed by atoms with van der Waals surface area (Å²) in [6.07, 6.45) is 2.24. The molecule has 2 aromatic rings. The van der Waals surface area contributed by atoms with Crippen LogP contribution in [0.4, 0.5) is 20.4 Å². The Morgan fingerprint density at radius 2 is 1.76 bits per heavy atom. The first-order chi connectivity index (χ1) is 10.1. The monoisotopic (exact) mass is 290 g/mol. The van der Waals surface area contributed by atoms with Gasteiger partial charge in [0.25, 0.3) is 5.91 Å². The molecule has 0 radical (unpaired) electrons. The van der Waals surface area contributed by atoms with E-state index in [0.29, 0.717) is 11.9 Å². The van der Waals surface area contributed by atoms with E-state index in [2.05, 4.69) is 20.8 Å². The van der Waals surface area contributed by atoms with E-state index >= 15 is 0 Å². The minimum atomic E-state index is -1.07. The molecule has 1 aromatic carbocycles. The van der Waals surface area contributed by atoms with Crippen molar-refractivity contribution < 1.29 is 13.6 Å². The molecule has 1 aliphatic carbocycles. The van der Waals surface area contributed by atoms with Crippen LogP contribution >= 0.6 is 0 Å². The molecule has 3 rings (SSSR count). The first-order valence-electron chi connectivity index (χ1n) is 6.48. The highest BCUT2D eigenvalue weighted by atomic mass is 19.2. The second-order valence-corrected chi connectivity index (χ2v) is 4.81. The quantitative estimate of drug-likeness (QED) is 0.908. The van der Waals surface area contributed by atoms with Crippen molar-refractivity contribution in [3.05, 3.63) is 47.5 Å². The van der Waals surface area contributed by atoms with Gasteiger partial charge in [-0.3, -0.25) is 4.79 Å². The largest absolute Gasteiger partial charge is 0.366 e. The van der Waals surface area contributed by atoms with Crippen LogP contribution in [0.25, 0.3) is 0 Å². The van der Waals surface area contributed by atoms with Gasteiger partial charge in [-0.2, -0.15) is 0 Å². The number of nitrogens with one attached hydrogen (secondary N) is 2. The Hall–Kier alpha value is -2.57. The molecule has 1 fully saturated rings. The van der Waals surface area contributed by atoms with Gasteiger partial charge >= 0.3 is 0 Å². The van der Waals surface area contributed by atoms with Crippen LogP contribution in [0.15, 0.2) is 30.3 Å². The number of benzene rings is 1. The molecule has 1 heterocycles. The lowest BCUT2D eigenvalue weighted by molar-refractivity contribution is 0.102. The number of hydrogen-bond donors (Lipinski definition) is 2. The Morgan fingerprint density at radius 1 is 1.05 bits per heavy atom. The van der Waals surface area contributed by atoms with Gasteiger partial charge in [0.05, 0.1) is 0 Å². The van der Waals surface area contributed by atoms with Crippen molar-refractivity contribution in [1.82, 2.24) is 10.2 Å². The van der Waals surface area contributed by atoms with Crippen LogP contribution in [-0.4, -0.2) is 22.1 Å². The van der Waals surface area contributed by atoms with E-state index in [9.17, 15) is 13.6 Å². The van der Waals surface area contributed by atoms with Gasteiger partial charge in [0, 0.05) is 11.6 Å². The third-order valence-corrected chi connectivity index (χ3v) is 3.02. The standard InChI is InChI=1S/C14H12F2N4O/c15-10-4-1-8(7-11(10)16)14(21)18-13-6-5-12(19-20-13)17-9-2-3-9/h1,4-7,9H,2-3H2,(H,17,19)(H,18,20,21). The molecule has 21 heavy (non-hydrogen) atoms. The number of anilines is 2. The van der Waals surface area contributed by atoms with Gasteiger partial charge in [-0.05, 0) is 43.2 Å². The summed E-state index contributed by atoms with van der Waals surface area (Å²) in [6.45, 7) is 0. The van der Waals surface area contributed by atoms with E-state index in [1.54, 1.807) is 12.1 Å². The molecular formula is C14H12F2N4O. The van der Waals surface area contributed by atoms with E-state index in [4.69, 9.17) is 0 Å². The second kappa shape index (κ2) is 5.43. The van der Waals surface area contributed by atoms with Crippen molar-refractivity contribution >= 4 is 17.5 Å². The topological polar surface area (TPSA) is 66.9 Å². The van der Waals surface area contributed by atoms with Gasteiger partial charge < -0.3 is 10.6 Å². The fourth-order valence-corrected chi connectivity index (χ4v) is 1.74. The number of hydrogen-bond acceptors (Lipinski definition) is 4. The molecule has 1 aliphatic rings. The Kier molecular flexibility index (Phi) is 3.47. The molecule has 0 bridgehead atoms. The molecule has 0 unspecified atom stereocenters. The molecule has 0 spiro atoms. The number of rotatable bonds is 4. The Morgan fingerprint density at radius 3 is 2.38 bits per heavy atom. The zero-order valence-corrected chi connectivity index (χ0v) is 10.9. The van der Waals surface area contributed by atoms with Crippen LogP contribution in [0.1, 0.15) is 23.2 Å². The van der Waals surface area contributed by atoms with Crippen molar-refractivity contribution in [1.29, 1.82) is 0 Å². The van der Waals surface area contributed by atoms with Crippen LogP contribution in [0.5, 0.6) is 0 Å². The van der Waals surface area contributed by atoms with Crippen molar-refractivity contribution in [2.45, 2.75) is 18.9 Å². The fourth-order valence-electron chi connectivity index (χ4n) is 1.74. The highest BCUT2D eigenvalue weighted by Gasteiger charge is 2.21. The average Bonchev–Trinajstić information content (AvgIpc) is 3.28. The van der Waals surface area contributed by atoms with E-state index in [0.717, 1.165) is 25.0 Å². The Bertz CT molecular complexity index is 671. The molecule has 108 valence electrons. The number of halogens is 2. The third-order valence-electron chi connectivity index (χ3n) is 3.02. The lowest BCUT2D eigenvalue weighted by atomic mass is 10.2. The maximum Gasteiger partial charge on any atom is 0.256 e. The summed E-state index contributed by atoms with van der Waals surface area (Å²) < 4.78 is 25.9. The van der Waals surface area contributed by atoms with Crippen LogP contribution in [0, 0.1) is 11.6 Å². The molecule has 0 atom stereocenters. The summed E-state index contributed by atoms with van der Waals surface area (Å²) in [6, 6.07) is 6.69. The Balaban J connectivity index is 1.67. The molecule has 0 aliphatic heterocycles. The summed E-state index contributed by atoms with van der Waals surface area (Å²) in [5.74, 6) is -1.76. The number of aromatic nitrogens is 2. The van der Waals surface area contributed by atoms with E-state index in [1.165, 1.54) is 6.07 Å². The predicted octanol–water partition coefficient (Wildman–Crippen LogP) is 2.58. The lowest BCUT2D eigenvalue weighted by Crippen LogP contribution is -2.14. The third kappa shape index (κ3) is 3.31. The normalized spacial score (nSPS) is 13.8. The summed E-state index contributed by atoms with van der Waals surface area (Å²) >= 11 is 0. The molecule has 5 nitrogen and oxygen atoms in total. The highest BCUT2D eigenvalue weighted by molar-refractivity contribution is 6.03. The van der Waals surface area contributed by atoms with Crippen molar-refractivity contribution in [3.63, 3.8) is 0 Å². The molecule has 0 saturated heterocycles. The number of carbonyl (C=O) groups is 1. The van der Waals surface area contributed by atoms with E-state index < -0.39 is 17.5 Å². The molecule has 1 aromatic heterocycles. The smallest absolute Gasteiger partial charge is 0.256 e. The fraction of sp³-hybridized carbons (Fsp3) is 0.214. The second-order valence-electron chi connectivity index (χ2n) is 4.81. The molecule has 1 amide bonds. The molecular weight excluding hydrogens is 278 g/mol. The minimum Gasteiger partial charge on any atom is -0.366 e. The van der Waals surface area contributed by atoms with Gasteiger partial charge in [0.2, 0.25) is 0 Å². The summed E-state index contributed by atoms with van der Waals surface area (Å²) in [4.78, 5) is 11.9. The highest BCUT2D eigenvalue weighted by Crippen LogP contribution is 2.23. The summed E-state index contributed by atoms with van der Waals surface area (Å²) in [7, 11) is 0. The Labute approximate surface area is 119 Å².